The lowest BCUT2D eigenvalue weighted by Gasteiger charge is -2.23. The standard InChI is InChI=1S/C13H20N4O2/c1-2-19-13-5-3-4-12(15-13)17(10-6-7-10)9-8-11(14)16-18/h3-5,10,18H,2,6-9H2,1H3,(H2,14,16). The lowest BCUT2D eigenvalue weighted by atomic mass is 10.3. The average molecular weight is 264 g/mol. The number of ether oxygens (including phenoxy) is 1. The molecule has 1 aliphatic rings. The summed E-state index contributed by atoms with van der Waals surface area (Å²) in [5.41, 5.74) is 5.53. The molecule has 2 rings (SSSR count). The van der Waals surface area contributed by atoms with Crippen molar-refractivity contribution in [2.24, 2.45) is 10.9 Å². The number of nitrogens with two attached hydrogens (primary N) is 1. The number of nitrogens with zero attached hydrogens (tertiary/aromatic N) is 3. The molecule has 1 saturated carbocycles. The molecule has 0 aliphatic heterocycles. The van der Waals surface area contributed by atoms with Crippen molar-refractivity contribution in [3.8, 4) is 5.88 Å². The van der Waals surface area contributed by atoms with Gasteiger partial charge in [0.1, 0.15) is 11.7 Å². The summed E-state index contributed by atoms with van der Waals surface area (Å²) >= 11 is 0. The van der Waals surface area contributed by atoms with E-state index in [0.717, 1.165) is 18.7 Å². The van der Waals surface area contributed by atoms with E-state index in [2.05, 4.69) is 15.0 Å². The third-order valence-electron chi connectivity index (χ3n) is 3.02. The van der Waals surface area contributed by atoms with E-state index in [0.29, 0.717) is 31.5 Å². The molecule has 0 radical (unpaired) electrons. The van der Waals surface area contributed by atoms with Crippen molar-refractivity contribution in [2.45, 2.75) is 32.2 Å². The van der Waals surface area contributed by atoms with Gasteiger partial charge in [-0.25, -0.2) is 0 Å². The number of hydrogen-bond acceptors (Lipinski definition) is 5. The third-order valence-corrected chi connectivity index (χ3v) is 3.02. The van der Waals surface area contributed by atoms with Crippen LogP contribution in [0.25, 0.3) is 0 Å². The van der Waals surface area contributed by atoms with Gasteiger partial charge in [0.05, 0.1) is 6.61 Å². The third kappa shape index (κ3) is 3.74. The van der Waals surface area contributed by atoms with Crippen molar-refractivity contribution in [3.05, 3.63) is 18.2 Å². The minimum Gasteiger partial charge on any atom is -0.478 e. The topological polar surface area (TPSA) is 84.0 Å². The van der Waals surface area contributed by atoms with E-state index >= 15 is 0 Å². The zero-order chi connectivity index (χ0) is 13.7. The van der Waals surface area contributed by atoms with Gasteiger partial charge in [0.15, 0.2) is 0 Å². The van der Waals surface area contributed by atoms with E-state index in [-0.39, 0.29) is 5.84 Å². The summed E-state index contributed by atoms with van der Waals surface area (Å²) in [6.07, 6.45) is 2.85. The Morgan fingerprint density at radius 1 is 1.58 bits per heavy atom. The summed E-state index contributed by atoms with van der Waals surface area (Å²) in [7, 11) is 0. The molecule has 1 fully saturated rings. The summed E-state index contributed by atoms with van der Waals surface area (Å²) in [6, 6.07) is 6.26. The molecule has 0 bridgehead atoms. The molecule has 104 valence electrons. The van der Waals surface area contributed by atoms with Crippen molar-refractivity contribution in [3.63, 3.8) is 0 Å². The molecule has 6 nitrogen and oxygen atoms in total. The molecule has 19 heavy (non-hydrogen) atoms. The number of anilines is 1. The van der Waals surface area contributed by atoms with Crippen LogP contribution in [-0.2, 0) is 0 Å². The molecular formula is C13H20N4O2. The van der Waals surface area contributed by atoms with Gasteiger partial charge >= 0.3 is 0 Å². The largest absolute Gasteiger partial charge is 0.478 e. The Morgan fingerprint density at radius 2 is 2.37 bits per heavy atom. The molecule has 0 amide bonds. The summed E-state index contributed by atoms with van der Waals surface area (Å²) in [6.45, 7) is 3.23. The highest BCUT2D eigenvalue weighted by atomic mass is 16.5. The van der Waals surface area contributed by atoms with Crippen LogP contribution in [0.1, 0.15) is 26.2 Å². The Balaban J connectivity index is 2.07. The number of aromatic nitrogens is 1. The van der Waals surface area contributed by atoms with Gasteiger partial charge in [-0.15, -0.1) is 0 Å². The molecule has 1 aromatic heterocycles. The Morgan fingerprint density at radius 3 is 3.00 bits per heavy atom. The Hall–Kier alpha value is -1.98. The van der Waals surface area contributed by atoms with E-state index in [1.54, 1.807) is 0 Å². The first-order chi connectivity index (χ1) is 9.24. The van der Waals surface area contributed by atoms with Crippen molar-refractivity contribution in [1.29, 1.82) is 0 Å². The summed E-state index contributed by atoms with van der Waals surface area (Å²) in [5, 5.41) is 11.6. The van der Waals surface area contributed by atoms with Gasteiger partial charge in [-0.05, 0) is 25.8 Å². The highest BCUT2D eigenvalue weighted by Gasteiger charge is 2.30. The molecule has 1 aromatic rings. The fourth-order valence-corrected chi connectivity index (χ4v) is 1.95. The highest BCUT2D eigenvalue weighted by Crippen LogP contribution is 2.31. The van der Waals surface area contributed by atoms with Crippen molar-refractivity contribution < 1.29 is 9.94 Å². The second-order valence-corrected chi connectivity index (χ2v) is 4.53. The zero-order valence-electron chi connectivity index (χ0n) is 11.1. The van der Waals surface area contributed by atoms with Crippen molar-refractivity contribution in [1.82, 2.24) is 4.98 Å². The fourth-order valence-electron chi connectivity index (χ4n) is 1.95. The molecule has 0 aromatic carbocycles. The van der Waals surface area contributed by atoms with Crippen LogP contribution in [0.5, 0.6) is 5.88 Å². The Labute approximate surface area is 112 Å². The first-order valence-electron chi connectivity index (χ1n) is 6.57. The van der Waals surface area contributed by atoms with Gasteiger partial charge in [0.2, 0.25) is 5.88 Å². The lowest BCUT2D eigenvalue weighted by molar-refractivity contribution is 0.317. The smallest absolute Gasteiger partial charge is 0.215 e. The maximum absolute atomic E-state index is 8.60. The maximum Gasteiger partial charge on any atom is 0.215 e. The zero-order valence-corrected chi connectivity index (χ0v) is 11.1. The van der Waals surface area contributed by atoms with Crippen molar-refractivity contribution >= 4 is 11.7 Å². The van der Waals surface area contributed by atoms with Gasteiger partial charge in [0, 0.05) is 25.1 Å². The Bertz CT molecular complexity index is 446. The molecule has 1 heterocycles. The van der Waals surface area contributed by atoms with Crippen LogP contribution < -0.4 is 15.4 Å². The van der Waals surface area contributed by atoms with Crippen LogP contribution in [0.2, 0.25) is 0 Å². The minimum atomic E-state index is 0.242. The number of hydrogen-bond donors (Lipinski definition) is 2. The molecule has 1 aliphatic carbocycles. The van der Waals surface area contributed by atoms with Crippen LogP contribution in [0, 0.1) is 0 Å². The predicted molar refractivity (Wildman–Crippen MR) is 73.8 cm³/mol. The molecular weight excluding hydrogens is 244 g/mol. The molecule has 0 unspecified atom stereocenters. The van der Waals surface area contributed by atoms with E-state index in [1.807, 2.05) is 25.1 Å². The van der Waals surface area contributed by atoms with E-state index in [9.17, 15) is 0 Å². The Kier molecular flexibility index (Phi) is 4.43. The first-order valence-corrected chi connectivity index (χ1v) is 6.57. The van der Waals surface area contributed by atoms with E-state index < -0.39 is 0 Å². The number of rotatable bonds is 7. The average Bonchev–Trinajstić information content (AvgIpc) is 3.24. The quantitative estimate of drug-likeness (QED) is 0.338. The lowest BCUT2D eigenvalue weighted by Crippen LogP contribution is -2.30. The minimum absolute atomic E-state index is 0.242. The van der Waals surface area contributed by atoms with Crippen LogP contribution in [0.4, 0.5) is 5.82 Å². The van der Waals surface area contributed by atoms with Crippen LogP contribution in [-0.4, -0.2) is 35.2 Å². The van der Waals surface area contributed by atoms with Crippen LogP contribution >= 0.6 is 0 Å². The molecule has 6 heteroatoms. The molecule has 0 saturated heterocycles. The number of amidine groups is 1. The van der Waals surface area contributed by atoms with E-state index in [4.69, 9.17) is 15.7 Å². The molecule has 3 N–H and O–H groups in total. The highest BCUT2D eigenvalue weighted by molar-refractivity contribution is 5.80. The second kappa shape index (κ2) is 6.26. The van der Waals surface area contributed by atoms with Crippen LogP contribution in [0.15, 0.2) is 23.4 Å². The number of oxime groups is 1. The van der Waals surface area contributed by atoms with Gasteiger partial charge in [0.25, 0.3) is 0 Å². The summed E-state index contributed by atoms with van der Waals surface area (Å²) < 4.78 is 5.42. The molecule has 0 atom stereocenters. The van der Waals surface area contributed by atoms with Gasteiger partial charge in [-0.1, -0.05) is 11.2 Å². The first kappa shape index (κ1) is 13.5. The van der Waals surface area contributed by atoms with Crippen molar-refractivity contribution in [2.75, 3.05) is 18.1 Å². The van der Waals surface area contributed by atoms with E-state index in [1.165, 1.54) is 0 Å². The monoisotopic (exact) mass is 264 g/mol. The summed E-state index contributed by atoms with van der Waals surface area (Å²) in [5.74, 6) is 1.76. The summed E-state index contributed by atoms with van der Waals surface area (Å²) in [4.78, 5) is 6.68. The predicted octanol–water partition coefficient (Wildman–Crippen LogP) is 1.59. The maximum atomic E-state index is 8.60. The number of pyridine rings is 1. The van der Waals surface area contributed by atoms with Gasteiger partial charge < -0.3 is 20.6 Å². The second-order valence-electron chi connectivity index (χ2n) is 4.53. The van der Waals surface area contributed by atoms with Gasteiger partial charge in [-0.3, -0.25) is 0 Å². The fraction of sp³-hybridized carbons (Fsp3) is 0.538. The van der Waals surface area contributed by atoms with Gasteiger partial charge in [-0.2, -0.15) is 4.98 Å². The SMILES string of the molecule is CCOc1cccc(N(CCC(N)=NO)C2CC2)n1. The normalized spacial score (nSPS) is 15.3. The van der Waals surface area contributed by atoms with Crippen LogP contribution in [0.3, 0.4) is 0 Å². The molecule has 0 spiro atoms.